The fourth-order valence-electron chi connectivity index (χ4n) is 3.95. The van der Waals surface area contributed by atoms with Crippen molar-refractivity contribution in [1.29, 1.82) is 0 Å². The molecule has 1 aromatic rings. The van der Waals surface area contributed by atoms with E-state index in [-0.39, 0.29) is 5.54 Å². The molecular formula is C16H25N3O. The van der Waals surface area contributed by atoms with Crippen LogP contribution in [-0.4, -0.2) is 50.8 Å². The summed E-state index contributed by atoms with van der Waals surface area (Å²) < 4.78 is 5.35. The molecule has 0 saturated carbocycles. The Morgan fingerprint density at radius 2 is 2.30 bits per heavy atom. The number of likely N-dealkylation sites (N-methyl/N-ethyl adjacent to an activating group) is 1. The summed E-state index contributed by atoms with van der Waals surface area (Å²) in [6, 6.07) is 8.31. The van der Waals surface area contributed by atoms with E-state index in [9.17, 15) is 0 Å². The molecular weight excluding hydrogens is 250 g/mol. The van der Waals surface area contributed by atoms with Gasteiger partial charge in [0.05, 0.1) is 12.6 Å². The van der Waals surface area contributed by atoms with Crippen LogP contribution in [0.1, 0.15) is 12.8 Å². The van der Waals surface area contributed by atoms with Gasteiger partial charge >= 0.3 is 0 Å². The van der Waals surface area contributed by atoms with Gasteiger partial charge in [-0.2, -0.15) is 0 Å². The summed E-state index contributed by atoms with van der Waals surface area (Å²) in [4.78, 5) is 4.97. The lowest BCUT2D eigenvalue weighted by atomic mass is 9.77. The van der Waals surface area contributed by atoms with Crippen molar-refractivity contribution >= 4 is 5.69 Å². The number of fused-ring (bicyclic) bond motifs is 2. The number of hydrogen-bond acceptors (Lipinski definition) is 4. The molecule has 3 rings (SSSR count). The summed E-state index contributed by atoms with van der Waals surface area (Å²) in [7, 11) is 3.91. The Morgan fingerprint density at radius 3 is 3.05 bits per heavy atom. The van der Waals surface area contributed by atoms with Crippen LogP contribution in [0.4, 0.5) is 5.69 Å². The summed E-state index contributed by atoms with van der Waals surface area (Å²) >= 11 is 0. The van der Waals surface area contributed by atoms with Gasteiger partial charge in [-0.3, -0.25) is 0 Å². The molecule has 0 aromatic heterocycles. The molecule has 3 atom stereocenters. The fraction of sp³-hybridized carbons (Fsp3) is 0.625. The van der Waals surface area contributed by atoms with E-state index in [0.717, 1.165) is 18.7 Å². The van der Waals surface area contributed by atoms with Gasteiger partial charge in [-0.1, -0.05) is 6.07 Å². The van der Waals surface area contributed by atoms with Crippen molar-refractivity contribution in [2.24, 2.45) is 11.7 Å². The van der Waals surface area contributed by atoms with Crippen molar-refractivity contribution in [3.05, 3.63) is 24.3 Å². The number of hydrogen-bond donors (Lipinski definition) is 1. The minimum Gasteiger partial charge on any atom is -0.497 e. The molecule has 2 aliphatic heterocycles. The Labute approximate surface area is 121 Å². The molecule has 110 valence electrons. The lowest BCUT2D eigenvalue weighted by molar-refractivity contribution is 0.168. The second-order valence-electron chi connectivity index (χ2n) is 6.10. The third-order valence-electron chi connectivity index (χ3n) is 5.36. The molecule has 2 bridgehead atoms. The van der Waals surface area contributed by atoms with E-state index in [1.54, 1.807) is 7.11 Å². The number of piperidine rings is 1. The van der Waals surface area contributed by atoms with Gasteiger partial charge in [-0.25, -0.2) is 0 Å². The van der Waals surface area contributed by atoms with Crippen molar-refractivity contribution in [2.75, 3.05) is 45.2 Å². The van der Waals surface area contributed by atoms with Crippen molar-refractivity contribution in [3.8, 4) is 5.75 Å². The van der Waals surface area contributed by atoms with Crippen LogP contribution in [0.2, 0.25) is 0 Å². The van der Waals surface area contributed by atoms with E-state index in [4.69, 9.17) is 10.5 Å². The third-order valence-corrected chi connectivity index (χ3v) is 5.36. The van der Waals surface area contributed by atoms with Crippen molar-refractivity contribution in [1.82, 2.24) is 4.90 Å². The molecule has 4 nitrogen and oxygen atoms in total. The first-order valence-electron chi connectivity index (χ1n) is 7.50. The Balaban J connectivity index is 1.91. The Morgan fingerprint density at radius 1 is 1.45 bits per heavy atom. The van der Waals surface area contributed by atoms with Gasteiger partial charge in [0, 0.05) is 38.4 Å². The Bertz CT molecular complexity index is 479. The molecule has 0 radical (unpaired) electrons. The predicted molar refractivity (Wildman–Crippen MR) is 82.3 cm³/mol. The summed E-state index contributed by atoms with van der Waals surface area (Å²) in [5.41, 5.74) is 7.54. The van der Waals surface area contributed by atoms with E-state index in [1.165, 1.54) is 31.7 Å². The first kappa shape index (κ1) is 13.7. The molecule has 2 saturated heterocycles. The van der Waals surface area contributed by atoms with Gasteiger partial charge in [-0.05, 0) is 37.4 Å². The number of rotatable bonds is 4. The molecule has 2 heterocycles. The largest absolute Gasteiger partial charge is 0.497 e. The number of nitrogens with two attached hydrogens (primary N) is 1. The highest BCUT2D eigenvalue weighted by molar-refractivity contribution is 5.53. The number of anilines is 1. The van der Waals surface area contributed by atoms with Crippen LogP contribution in [0.5, 0.6) is 5.75 Å². The standard InChI is InChI=1S/C16H25N3O/c1-18(14-4-3-5-15(10-14)20-2)16(12-17)7-9-19-8-6-13(16)11-19/h3-5,10,13H,6-9,11-12,17H2,1-2H3. The van der Waals surface area contributed by atoms with Crippen LogP contribution < -0.4 is 15.4 Å². The van der Waals surface area contributed by atoms with Gasteiger partial charge in [0.25, 0.3) is 0 Å². The Hall–Kier alpha value is -1.26. The fourth-order valence-corrected chi connectivity index (χ4v) is 3.95. The van der Waals surface area contributed by atoms with Crippen molar-refractivity contribution < 1.29 is 4.74 Å². The quantitative estimate of drug-likeness (QED) is 0.905. The number of methoxy groups -OCH3 is 1. The first-order chi connectivity index (χ1) is 9.69. The van der Waals surface area contributed by atoms with Crippen LogP contribution in [0.25, 0.3) is 0 Å². The zero-order chi connectivity index (χ0) is 14.2. The van der Waals surface area contributed by atoms with Gasteiger partial charge in [-0.15, -0.1) is 0 Å². The maximum Gasteiger partial charge on any atom is 0.120 e. The zero-order valence-electron chi connectivity index (χ0n) is 12.5. The SMILES string of the molecule is COc1cccc(N(C)C2(CN)CCN3CCC2C3)c1. The van der Waals surface area contributed by atoms with E-state index in [2.05, 4.69) is 35.0 Å². The van der Waals surface area contributed by atoms with Crippen LogP contribution in [0, 0.1) is 5.92 Å². The van der Waals surface area contributed by atoms with E-state index in [0.29, 0.717) is 5.92 Å². The van der Waals surface area contributed by atoms with Crippen LogP contribution >= 0.6 is 0 Å². The van der Waals surface area contributed by atoms with Gasteiger partial charge in [0.1, 0.15) is 5.75 Å². The lowest BCUT2D eigenvalue weighted by Crippen LogP contribution is -2.61. The van der Waals surface area contributed by atoms with Gasteiger partial charge in [0.2, 0.25) is 0 Å². The topological polar surface area (TPSA) is 41.7 Å². The molecule has 2 N–H and O–H groups in total. The average molecular weight is 275 g/mol. The molecule has 0 aliphatic carbocycles. The molecule has 0 amide bonds. The highest BCUT2D eigenvalue weighted by Gasteiger charge is 2.47. The third kappa shape index (κ3) is 2.07. The maximum absolute atomic E-state index is 6.24. The second-order valence-corrected chi connectivity index (χ2v) is 6.10. The number of ether oxygens (including phenoxy) is 1. The summed E-state index contributed by atoms with van der Waals surface area (Å²) in [5, 5.41) is 0. The van der Waals surface area contributed by atoms with Crippen molar-refractivity contribution in [2.45, 2.75) is 18.4 Å². The maximum atomic E-state index is 6.24. The molecule has 2 fully saturated rings. The van der Waals surface area contributed by atoms with Crippen LogP contribution in [0.3, 0.4) is 0 Å². The highest BCUT2D eigenvalue weighted by Crippen LogP contribution is 2.41. The van der Waals surface area contributed by atoms with Gasteiger partial charge < -0.3 is 20.3 Å². The molecule has 3 unspecified atom stereocenters. The minimum absolute atomic E-state index is 0.0966. The number of benzene rings is 1. The van der Waals surface area contributed by atoms with Crippen LogP contribution in [-0.2, 0) is 0 Å². The molecule has 4 heteroatoms. The predicted octanol–water partition coefficient (Wildman–Crippen LogP) is 1.55. The summed E-state index contributed by atoms with van der Waals surface area (Å²) in [6.45, 7) is 4.32. The molecule has 20 heavy (non-hydrogen) atoms. The van der Waals surface area contributed by atoms with E-state index >= 15 is 0 Å². The first-order valence-corrected chi connectivity index (χ1v) is 7.50. The van der Waals surface area contributed by atoms with E-state index in [1.807, 2.05) is 6.07 Å². The smallest absolute Gasteiger partial charge is 0.120 e. The van der Waals surface area contributed by atoms with Gasteiger partial charge in [0.15, 0.2) is 0 Å². The minimum atomic E-state index is 0.0966. The Kier molecular flexibility index (Phi) is 3.61. The lowest BCUT2D eigenvalue weighted by Gasteiger charge is -2.49. The monoisotopic (exact) mass is 275 g/mol. The molecule has 2 aliphatic rings. The van der Waals surface area contributed by atoms with Crippen LogP contribution in [0.15, 0.2) is 24.3 Å². The summed E-state index contributed by atoms with van der Waals surface area (Å²) in [5.74, 6) is 1.59. The van der Waals surface area contributed by atoms with E-state index < -0.39 is 0 Å². The normalized spacial score (nSPS) is 32.1. The summed E-state index contributed by atoms with van der Waals surface area (Å²) in [6.07, 6.45) is 2.42. The zero-order valence-corrected chi connectivity index (χ0v) is 12.5. The van der Waals surface area contributed by atoms with Crippen molar-refractivity contribution in [3.63, 3.8) is 0 Å². The highest BCUT2D eigenvalue weighted by atomic mass is 16.5. The second kappa shape index (κ2) is 5.26. The molecule has 1 aromatic carbocycles. The molecule has 0 spiro atoms. The average Bonchev–Trinajstić information content (AvgIpc) is 2.91. The number of nitrogens with zero attached hydrogens (tertiary/aromatic N) is 2.